The van der Waals surface area contributed by atoms with Gasteiger partial charge in [0.1, 0.15) is 0 Å². The molecular weight excluding hydrogens is 324 g/mol. The second-order valence-corrected chi connectivity index (χ2v) is 7.45. The number of hydrogen-bond donors (Lipinski definition) is 2. The molecule has 1 saturated carbocycles. The van der Waals surface area contributed by atoms with E-state index >= 15 is 0 Å². The Labute approximate surface area is 158 Å². The van der Waals surface area contributed by atoms with Gasteiger partial charge in [0.25, 0.3) is 0 Å². The predicted molar refractivity (Wildman–Crippen MR) is 108 cm³/mol. The summed E-state index contributed by atoms with van der Waals surface area (Å²) in [5.74, 6) is 1.75. The summed E-state index contributed by atoms with van der Waals surface area (Å²) in [4.78, 5) is 6.85. The molecule has 144 valence electrons. The van der Waals surface area contributed by atoms with Gasteiger partial charge < -0.3 is 15.4 Å². The predicted octanol–water partition coefficient (Wildman–Crippen LogP) is 2.42. The van der Waals surface area contributed by atoms with E-state index in [1.165, 1.54) is 36.9 Å². The largest absolute Gasteiger partial charge is 0.381 e. The molecule has 2 aliphatic rings. The summed E-state index contributed by atoms with van der Waals surface area (Å²) < 4.78 is 5.66. The Bertz CT molecular complexity index is 571. The molecule has 0 atom stereocenters. The summed E-state index contributed by atoms with van der Waals surface area (Å²) in [6.07, 6.45) is 6.06. The lowest BCUT2D eigenvalue weighted by Gasteiger charge is -2.28. The lowest BCUT2D eigenvalue weighted by Crippen LogP contribution is -2.39. The highest BCUT2D eigenvalue weighted by atomic mass is 16.5. The molecular formula is C21H34N4O. The Morgan fingerprint density at radius 2 is 1.92 bits per heavy atom. The third-order valence-electron chi connectivity index (χ3n) is 5.19. The van der Waals surface area contributed by atoms with Crippen molar-refractivity contribution in [3.8, 4) is 0 Å². The van der Waals surface area contributed by atoms with Crippen molar-refractivity contribution < 1.29 is 4.74 Å². The highest BCUT2D eigenvalue weighted by molar-refractivity contribution is 5.79. The maximum absolute atomic E-state index is 5.66. The third-order valence-corrected chi connectivity index (χ3v) is 5.19. The van der Waals surface area contributed by atoms with Crippen LogP contribution in [-0.2, 0) is 17.7 Å². The van der Waals surface area contributed by atoms with Gasteiger partial charge in [-0.15, -0.1) is 0 Å². The first-order valence-corrected chi connectivity index (χ1v) is 10.2. The Kier molecular flexibility index (Phi) is 7.77. The van der Waals surface area contributed by atoms with Gasteiger partial charge in [-0.2, -0.15) is 0 Å². The highest BCUT2D eigenvalue weighted by Crippen LogP contribution is 2.28. The molecule has 2 N–H and O–H groups in total. The normalized spacial score (nSPS) is 17.8. The van der Waals surface area contributed by atoms with Gasteiger partial charge in [0.05, 0.1) is 0 Å². The van der Waals surface area contributed by atoms with Crippen LogP contribution in [0.15, 0.2) is 29.3 Å². The molecule has 0 aromatic heterocycles. The van der Waals surface area contributed by atoms with Crippen LogP contribution in [0.4, 0.5) is 0 Å². The first kappa shape index (κ1) is 19.2. The van der Waals surface area contributed by atoms with E-state index in [0.29, 0.717) is 0 Å². The standard InChI is InChI=1S/C21H34N4O/c1-22-21(24-12-5-15-26-17-18-8-9-18)23-11-4-13-25-14-10-19-6-2-3-7-20(19)16-25/h2-3,6-7,18H,4-5,8-17H2,1H3,(H2,22,23,24). The van der Waals surface area contributed by atoms with Crippen molar-refractivity contribution in [3.05, 3.63) is 35.4 Å². The summed E-state index contributed by atoms with van der Waals surface area (Å²) >= 11 is 0. The summed E-state index contributed by atoms with van der Waals surface area (Å²) in [5, 5.41) is 6.79. The molecule has 0 bridgehead atoms. The molecule has 3 rings (SSSR count). The van der Waals surface area contributed by atoms with Crippen molar-refractivity contribution in [3.63, 3.8) is 0 Å². The van der Waals surface area contributed by atoms with Gasteiger partial charge in [-0.25, -0.2) is 0 Å². The van der Waals surface area contributed by atoms with Gasteiger partial charge >= 0.3 is 0 Å². The fourth-order valence-corrected chi connectivity index (χ4v) is 3.39. The van der Waals surface area contributed by atoms with Crippen LogP contribution in [0.2, 0.25) is 0 Å². The minimum absolute atomic E-state index is 0.844. The topological polar surface area (TPSA) is 48.9 Å². The molecule has 1 heterocycles. The summed E-state index contributed by atoms with van der Waals surface area (Å²) in [5.41, 5.74) is 3.01. The summed E-state index contributed by atoms with van der Waals surface area (Å²) in [7, 11) is 1.83. The molecule has 0 unspecified atom stereocenters. The van der Waals surface area contributed by atoms with Crippen molar-refractivity contribution in [2.24, 2.45) is 10.9 Å². The van der Waals surface area contributed by atoms with Gasteiger partial charge in [0, 0.05) is 53.0 Å². The van der Waals surface area contributed by atoms with E-state index in [9.17, 15) is 0 Å². The van der Waals surface area contributed by atoms with Crippen molar-refractivity contribution in [2.45, 2.75) is 38.6 Å². The zero-order chi connectivity index (χ0) is 18.0. The van der Waals surface area contributed by atoms with Crippen LogP contribution in [0, 0.1) is 5.92 Å². The van der Waals surface area contributed by atoms with Crippen molar-refractivity contribution in [2.75, 3.05) is 46.4 Å². The van der Waals surface area contributed by atoms with E-state index in [0.717, 1.165) is 64.1 Å². The van der Waals surface area contributed by atoms with Gasteiger partial charge in [0.15, 0.2) is 5.96 Å². The SMILES string of the molecule is CN=C(NCCCOCC1CC1)NCCCN1CCc2ccccc2C1. The van der Waals surface area contributed by atoms with E-state index in [4.69, 9.17) is 4.74 Å². The smallest absolute Gasteiger partial charge is 0.190 e. The number of hydrogen-bond acceptors (Lipinski definition) is 3. The second kappa shape index (κ2) is 10.5. The molecule has 1 aliphatic heterocycles. The van der Waals surface area contributed by atoms with Crippen molar-refractivity contribution in [1.29, 1.82) is 0 Å². The lowest BCUT2D eigenvalue weighted by atomic mass is 10.00. The molecule has 5 nitrogen and oxygen atoms in total. The van der Waals surface area contributed by atoms with Crippen LogP contribution in [0.5, 0.6) is 0 Å². The molecule has 0 spiro atoms. The molecule has 0 radical (unpaired) electrons. The molecule has 1 fully saturated rings. The highest BCUT2D eigenvalue weighted by Gasteiger charge is 2.20. The molecule has 0 amide bonds. The van der Waals surface area contributed by atoms with E-state index in [-0.39, 0.29) is 0 Å². The van der Waals surface area contributed by atoms with E-state index in [1.807, 2.05) is 7.05 Å². The fourth-order valence-electron chi connectivity index (χ4n) is 3.39. The average Bonchev–Trinajstić information content (AvgIpc) is 3.50. The Morgan fingerprint density at radius 3 is 2.69 bits per heavy atom. The van der Waals surface area contributed by atoms with Crippen molar-refractivity contribution >= 4 is 5.96 Å². The van der Waals surface area contributed by atoms with Crippen molar-refractivity contribution in [1.82, 2.24) is 15.5 Å². The van der Waals surface area contributed by atoms with Gasteiger partial charge in [-0.05, 0) is 49.1 Å². The zero-order valence-corrected chi connectivity index (χ0v) is 16.2. The number of guanidine groups is 1. The Hall–Kier alpha value is -1.59. The van der Waals surface area contributed by atoms with Crippen LogP contribution in [-0.4, -0.2) is 57.3 Å². The van der Waals surface area contributed by atoms with Crippen LogP contribution in [0.1, 0.15) is 36.8 Å². The minimum Gasteiger partial charge on any atom is -0.381 e. The maximum atomic E-state index is 5.66. The number of fused-ring (bicyclic) bond motifs is 1. The number of ether oxygens (including phenoxy) is 1. The van der Waals surface area contributed by atoms with E-state index < -0.39 is 0 Å². The number of nitrogens with one attached hydrogen (secondary N) is 2. The van der Waals surface area contributed by atoms with Gasteiger partial charge in [0.2, 0.25) is 0 Å². The van der Waals surface area contributed by atoms with E-state index in [1.54, 1.807) is 0 Å². The molecule has 1 aromatic rings. The fraction of sp³-hybridized carbons (Fsp3) is 0.667. The second-order valence-electron chi connectivity index (χ2n) is 7.45. The molecule has 1 aliphatic carbocycles. The molecule has 0 saturated heterocycles. The first-order chi connectivity index (χ1) is 12.8. The summed E-state index contributed by atoms with van der Waals surface area (Å²) in [6, 6.07) is 8.83. The third kappa shape index (κ3) is 6.61. The van der Waals surface area contributed by atoms with Crippen LogP contribution < -0.4 is 10.6 Å². The van der Waals surface area contributed by atoms with Gasteiger partial charge in [-0.3, -0.25) is 9.89 Å². The molecule has 1 aromatic carbocycles. The number of aliphatic imine (C=N–C) groups is 1. The molecule has 5 heteroatoms. The Balaban J connectivity index is 1.22. The van der Waals surface area contributed by atoms with Gasteiger partial charge in [-0.1, -0.05) is 24.3 Å². The number of rotatable bonds is 10. The minimum atomic E-state index is 0.844. The van der Waals surface area contributed by atoms with Crippen LogP contribution in [0.25, 0.3) is 0 Å². The molecule has 26 heavy (non-hydrogen) atoms. The maximum Gasteiger partial charge on any atom is 0.190 e. The van der Waals surface area contributed by atoms with Crippen LogP contribution >= 0.6 is 0 Å². The number of benzene rings is 1. The number of nitrogens with zero attached hydrogens (tertiary/aromatic N) is 2. The lowest BCUT2D eigenvalue weighted by molar-refractivity contribution is 0.123. The first-order valence-electron chi connectivity index (χ1n) is 10.2. The monoisotopic (exact) mass is 358 g/mol. The van der Waals surface area contributed by atoms with E-state index in [2.05, 4.69) is 44.8 Å². The summed E-state index contributed by atoms with van der Waals surface area (Å²) in [6.45, 7) is 7.05. The quantitative estimate of drug-likeness (QED) is 0.383. The van der Waals surface area contributed by atoms with Crippen LogP contribution in [0.3, 0.4) is 0 Å². The average molecular weight is 359 g/mol. The zero-order valence-electron chi connectivity index (χ0n) is 16.2. The Morgan fingerprint density at radius 1 is 1.15 bits per heavy atom.